The highest BCUT2D eigenvalue weighted by Gasteiger charge is 2.37. The fourth-order valence-corrected chi connectivity index (χ4v) is 4.85. The molecule has 0 aliphatic heterocycles. The van der Waals surface area contributed by atoms with Gasteiger partial charge in [0.15, 0.2) is 0 Å². The van der Waals surface area contributed by atoms with Crippen LogP contribution in [-0.4, -0.2) is 46.1 Å². The molecule has 3 aromatic carbocycles. The van der Waals surface area contributed by atoms with Crippen LogP contribution in [0.2, 0.25) is 0 Å². The summed E-state index contributed by atoms with van der Waals surface area (Å²) in [5, 5.41) is 15.6. The smallest absolute Gasteiger partial charge is 0.408 e. The zero-order valence-corrected chi connectivity index (χ0v) is 26.2. The van der Waals surface area contributed by atoms with Gasteiger partial charge in [0.1, 0.15) is 23.4 Å². The topological polar surface area (TPSA) is 108 Å². The molecule has 2 atom stereocenters. The number of phenols is 1. The summed E-state index contributed by atoms with van der Waals surface area (Å²) in [6.07, 6.45) is 7.59. The lowest BCUT2D eigenvalue weighted by Gasteiger charge is -2.35. The number of carbonyl (C=O) groups excluding carboxylic acids is 3. The zero-order valence-electron chi connectivity index (χ0n) is 26.2. The summed E-state index contributed by atoms with van der Waals surface area (Å²) < 4.78 is 5.51. The first-order chi connectivity index (χ1) is 20.9. The van der Waals surface area contributed by atoms with E-state index < -0.39 is 35.6 Å². The molecule has 44 heavy (non-hydrogen) atoms. The van der Waals surface area contributed by atoms with Crippen LogP contribution in [0, 0.1) is 19.3 Å². The minimum atomic E-state index is -1.09. The van der Waals surface area contributed by atoms with Crippen molar-refractivity contribution in [3.63, 3.8) is 0 Å². The Bertz CT molecular complexity index is 1470. The number of hydrogen-bond acceptors (Lipinski definition) is 5. The van der Waals surface area contributed by atoms with Gasteiger partial charge in [-0.05, 0) is 75.1 Å². The Morgan fingerprint density at radius 3 is 2.27 bits per heavy atom. The second kappa shape index (κ2) is 15.6. The molecule has 0 spiro atoms. The SMILES string of the molecule is C#Cc1ccccc1C(C(=O)Nc1ccccc1C)N(CCCCC)C(=O)C(Cc1ccc(O)cc1)NC(=O)OC(C)(C)C. The van der Waals surface area contributed by atoms with Crippen molar-refractivity contribution in [1.82, 2.24) is 10.2 Å². The molecule has 0 aliphatic rings. The number of rotatable bonds is 12. The third-order valence-corrected chi connectivity index (χ3v) is 7.02. The minimum Gasteiger partial charge on any atom is -0.508 e. The van der Waals surface area contributed by atoms with Gasteiger partial charge in [-0.3, -0.25) is 9.59 Å². The van der Waals surface area contributed by atoms with Crippen LogP contribution in [-0.2, 0) is 20.7 Å². The van der Waals surface area contributed by atoms with Crippen LogP contribution in [0.3, 0.4) is 0 Å². The number of benzene rings is 3. The van der Waals surface area contributed by atoms with Crippen molar-refractivity contribution >= 4 is 23.6 Å². The number of aryl methyl sites for hydroxylation is 1. The fourth-order valence-electron chi connectivity index (χ4n) is 4.85. The molecule has 0 fully saturated rings. The molecular formula is C36H43N3O5. The van der Waals surface area contributed by atoms with Gasteiger partial charge in [-0.2, -0.15) is 0 Å². The lowest BCUT2D eigenvalue weighted by Crippen LogP contribution is -2.53. The summed E-state index contributed by atoms with van der Waals surface area (Å²) in [6.45, 7) is 9.41. The second-order valence-electron chi connectivity index (χ2n) is 11.7. The molecule has 0 heterocycles. The molecule has 8 nitrogen and oxygen atoms in total. The largest absolute Gasteiger partial charge is 0.508 e. The van der Waals surface area contributed by atoms with Crippen molar-refractivity contribution in [2.45, 2.75) is 78.0 Å². The van der Waals surface area contributed by atoms with E-state index in [0.717, 1.165) is 18.4 Å². The Morgan fingerprint density at radius 2 is 1.64 bits per heavy atom. The van der Waals surface area contributed by atoms with Gasteiger partial charge in [0.2, 0.25) is 5.91 Å². The number of phenolic OH excluding ortho intramolecular Hbond substituents is 1. The van der Waals surface area contributed by atoms with E-state index in [9.17, 15) is 19.5 Å². The normalized spacial score (nSPS) is 12.4. The lowest BCUT2D eigenvalue weighted by atomic mass is 9.96. The Kier molecular flexibility index (Phi) is 12.0. The van der Waals surface area contributed by atoms with E-state index in [4.69, 9.17) is 11.2 Å². The molecule has 232 valence electrons. The number of hydrogen-bond donors (Lipinski definition) is 3. The number of para-hydroxylation sites is 1. The van der Waals surface area contributed by atoms with Crippen LogP contribution >= 0.6 is 0 Å². The molecule has 0 saturated heterocycles. The average molecular weight is 598 g/mol. The Morgan fingerprint density at radius 1 is 0.977 bits per heavy atom. The highest BCUT2D eigenvalue weighted by atomic mass is 16.6. The van der Waals surface area contributed by atoms with E-state index in [1.807, 2.05) is 25.1 Å². The van der Waals surface area contributed by atoms with Gasteiger partial charge in [-0.1, -0.05) is 74.2 Å². The molecule has 3 rings (SSSR count). The third kappa shape index (κ3) is 9.63. The van der Waals surface area contributed by atoms with Crippen molar-refractivity contribution in [3.05, 3.63) is 95.1 Å². The summed E-state index contributed by atoms with van der Waals surface area (Å²) in [7, 11) is 0. The van der Waals surface area contributed by atoms with Gasteiger partial charge < -0.3 is 25.4 Å². The van der Waals surface area contributed by atoms with Crippen LogP contribution in [0.1, 0.15) is 75.3 Å². The molecule has 0 saturated carbocycles. The number of amides is 3. The Balaban J connectivity index is 2.12. The Labute approximate surface area is 260 Å². The summed E-state index contributed by atoms with van der Waals surface area (Å²) in [5.74, 6) is 1.86. The van der Waals surface area contributed by atoms with Gasteiger partial charge in [0, 0.05) is 24.2 Å². The molecule has 3 N–H and O–H groups in total. The highest BCUT2D eigenvalue weighted by molar-refractivity contribution is 5.99. The monoisotopic (exact) mass is 597 g/mol. The molecular weight excluding hydrogens is 554 g/mol. The van der Waals surface area contributed by atoms with E-state index in [0.29, 0.717) is 28.8 Å². The maximum Gasteiger partial charge on any atom is 0.408 e. The number of anilines is 1. The molecule has 3 aromatic rings. The number of ether oxygens (including phenoxy) is 1. The summed E-state index contributed by atoms with van der Waals surface area (Å²) >= 11 is 0. The summed E-state index contributed by atoms with van der Waals surface area (Å²) in [6, 6.07) is 18.7. The number of nitrogens with one attached hydrogen (secondary N) is 2. The van der Waals surface area contributed by atoms with Crippen LogP contribution in [0.25, 0.3) is 0 Å². The van der Waals surface area contributed by atoms with E-state index in [-0.39, 0.29) is 18.7 Å². The lowest BCUT2D eigenvalue weighted by molar-refractivity contribution is -0.140. The third-order valence-electron chi connectivity index (χ3n) is 7.02. The standard InChI is InChI=1S/C36H43N3O5/c1-7-9-14-23-39(34(42)31(38-35(43)44-36(4,5)6)24-26-19-21-28(40)22-20-26)32(29-17-12-11-16-27(29)8-2)33(41)37-30-18-13-10-15-25(30)3/h2,10-13,15-22,31-32,40H,7,9,14,23-24H2,1,3-6H3,(H,37,41)(H,38,43). The summed E-state index contributed by atoms with van der Waals surface area (Å²) in [5.41, 5.74) is 2.39. The second-order valence-corrected chi connectivity index (χ2v) is 11.7. The summed E-state index contributed by atoms with van der Waals surface area (Å²) in [4.78, 5) is 43.4. The average Bonchev–Trinajstić information content (AvgIpc) is 2.97. The minimum absolute atomic E-state index is 0.0803. The van der Waals surface area contributed by atoms with Crippen molar-refractivity contribution in [2.24, 2.45) is 0 Å². The quantitative estimate of drug-likeness (QED) is 0.163. The number of terminal acetylenes is 1. The van der Waals surface area contributed by atoms with Gasteiger partial charge in [-0.15, -0.1) is 6.42 Å². The maximum atomic E-state index is 14.6. The fraction of sp³-hybridized carbons (Fsp3) is 0.361. The number of alkyl carbamates (subject to hydrolysis) is 1. The number of nitrogens with zero attached hydrogens (tertiary/aromatic N) is 1. The molecule has 0 aromatic heterocycles. The van der Waals surface area contributed by atoms with E-state index in [1.165, 1.54) is 17.0 Å². The van der Waals surface area contributed by atoms with Crippen molar-refractivity contribution < 1.29 is 24.2 Å². The van der Waals surface area contributed by atoms with Gasteiger partial charge in [0.25, 0.3) is 5.91 Å². The zero-order chi connectivity index (χ0) is 32.3. The van der Waals surface area contributed by atoms with Crippen molar-refractivity contribution in [2.75, 3.05) is 11.9 Å². The number of carbonyl (C=O) groups is 3. The Hall–Kier alpha value is -4.77. The van der Waals surface area contributed by atoms with E-state index >= 15 is 0 Å². The molecule has 0 aliphatic carbocycles. The first-order valence-corrected chi connectivity index (χ1v) is 14.9. The van der Waals surface area contributed by atoms with E-state index in [2.05, 4.69) is 23.5 Å². The number of unbranched alkanes of at least 4 members (excludes halogenated alkanes) is 2. The van der Waals surface area contributed by atoms with E-state index in [1.54, 1.807) is 63.2 Å². The molecule has 8 heteroatoms. The molecule has 2 unspecified atom stereocenters. The van der Waals surface area contributed by atoms with Crippen molar-refractivity contribution in [1.29, 1.82) is 0 Å². The van der Waals surface area contributed by atoms with Gasteiger partial charge >= 0.3 is 6.09 Å². The maximum absolute atomic E-state index is 14.6. The first-order valence-electron chi connectivity index (χ1n) is 14.9. The van der Waals surface area contributed by atoms with Crippen LogP contribution in [0.4, 0.5) is 10.5 Å². The highest BCUT2D eigenvalue weighted by Crippen LogP contribution is 2.29. The molecule has 3 amide bonds. The van der Waals surface area contributed by atoms with Crippen LogP contribution in [0.5, 0.6) is 5.75 Å². The predicted molar refractivity (Wildman–Crippen MR) is 173 cm³/mol. The molecule has 0 radical (unpaired) electrons. The predicted octanol–water partition coefficient (Wildman–Crippen LogP) is 6.52. The van der Waals surface area contributed by atoms with Crippen molar-refractivity contribution in [3.8, 4) is 18.1 Å². The van der Waals surface area contributed by atoms with Crippen LogP contribution in [0.15, 0.2) is 72.8 Å². The first kappa shape index (κ1) is 33.7. The van der Waals surface area contributed by atoms with Gasteiger partial charge in [-0.25, -0.2) is 4.79 Å². The number of aromatic hydroxyl groups is 1. The van der Waals surface area contributed by atoms with Gasteiger partial charge in [0.05, 0.1) is 0 Å². The molecule has 0 bridgehead atoms. The van der Waals surface area contributed by atoms with Crippen LogP contribution < -0.4 is 10.6 Å².